The molecule has 5 rings (SSSR count). The van der Waals surface area contributed by atoms with Crippen LogP contribution in [0.1, 0.15) is 35.8 Å². The number of hydrogen-bond donors (Lipinski definition) is 2. The number of nitrogen functional groups attached to an aromatic ring is 1. The van der Waals surface area contributed by atoms with Gasteiger partial charge in [0.05, 0.1) is 12.1 Å². The Morgan fingerprint density at radius 2 is 1.89 bits per heavy atom. The quantitative estimate of drug-likeness (QED) is 0.711. The molecule has 0 radical (unpaired) electrons. The Bertz CT molecular complexity index is 1010. The van der Waals surface area contributed by atoms with Gasteiger partial charge in [0.25, 0.3) is 0 Å². The zero-order chi connectivity index (χ0) is 19.3. The molecule has 1 saturated heterocycles. The largest absolute Gasteiger partial charge is 0.390 e. The highest BCUT2D eigenvalue weighted by molar-refractivity contribution is 5.49. The monoisotopic (exact) mass is 376 g/mol. The summed E-state index contributed by atoms with van der Waals surface area (Å²) in [5.74, 6) is 2.06. The van der Waals surface area contributed by atoms with E-state index >= 15 is 0 Å². The van der Waals surface area contributed by atoms with Gasteiger partial charge in [-0.3, -0.25) is 0 Å². The van der Waals surface area contributed by atoms with Gasteiger partial charge in [-0.05, 0) is 37.0 Å². The van der Waals surface area contributed by atoms with Crippen LogP contribution in [-0.4, -0.2) is 43.8 Å². The summed E-state index contributed by atoms with van der Waals surface area (Å²) in [6.07, 6.45) is 6.70. The molecule has 0 saturated carbocycles. The maximum atomic E-state index is 11.6. The van der Waals surface area contributed by atoms with E-state index in [2.05, 4.69) is 48.7 Å². The molecule has 1 aliphatic carbocycles. The third kappa shape index (κ3) is 2.43. The van der Waals surface area contributed by atoms with Crippen LogP contribution in [0.5, 0.6) is 0 Å². The Kier molecular flexibility index (Phi) is 3.87. The Hall–Kier alpha value is -2.93. The maximum absolute atomic E-state index is 11.6. The van der Waals surface area contributed by atoms with Gasteiger partial charge in [0.2, 0.25) is 5.95 Å². The first-order chi connectivity index (χ1) is 13.6. The van der Waals surface area contributed by atoms with Crippen molar-refractivity contribution in [1.82, 2.24) is 19.5 Å². The summed E-state index contributed by atoms with van der Waals surface area (Å²) in [5, 5.41) is 11.6. The van der Waals surface area contributed by atoms with E-state index in [9.17, 15) is 5.11 Å². The number of aliphatic hydroxyl groups excluding tert-OH is 1. The van der Waals surface area contributed by atoms with Crippen LogP contribution in [0.2, 0.25) is 0 Å². The molecule has 2 aromatic heterocycles. The molecule has 1 aliphatic heterocycles. The summed E-state index contributed by atoms with van der Waals surface area (Å²) in [6, 6.07) is 10.3. The number of rotatable bonds is 2. The summed E-state index contributed by atoms with van der Waals surface area (Å²) >= 11 is 0. The van der Waals surface area contributed by atoms with E-state index in [1.165, 1.54) is 11.1 Å². The number of nitrogens with two attached hydrogens (primary N) is 1. The van der Waals surface area contributed by atoms with Crippen LogP contribution in [0.15, 0.2) is 48.9 Å². The van der Waals surface area contributed by atoms with E-state index in [0.29, 0.717) is 5.95 Å². The van der Waals surface area contributed by atoms with Crippen molar-refractivity contribution in [3.8, 4) is 0 Å². The van der Waals surface area contributed by atoms with E-state index in [4.69, 9.17) is 5.73 Å². The van der Waals surface area contributed by atoms with Crippen molar-refractivity contribution in [3.05, 3.63) is 65.9 Å². The first-order valence-corrected chi connectivity index (χ1v) is 9.70. The molecular formula is C21H24N6O. The molecule has 1 fully saturated rings. The molecule has 3 heterocycles. The fourth-order valence-electron chi connectivity index (χ4n) is 5.06. The first kappa shape index (κ1) is 17.2. The molecule has 7 heteroatoms. The average Bonchev–Trinajstić information content (AvgIpc) is 3.23. The number of fused-ring (bicyclic) bond motifs is 2. The topological polar surface area (TPSA) is 93.1 Å². The Morgan fingerprint density at radius 3 is 2.61 bits per heavy atom. The van der Waals surface area contributed by atoms with Crippen molar-refractivity contribution in [2.75, 3.05) is 23.7 Å². The average molecular weight is 376 g/mol. The van der Waals surface area contributed by atoms with Crippen molar-refractivity contribution < 1.29 is 5.11 Å². The molecule has 144 valence electrons. The number of aliphatic hydroxyl groups is 1. The third-order valence-electron chi connectivity index (χ3n) is 6.48. The molecule has 2 aliphatic rings. The highest BCUT2D eigenvalue weighted by atomic mass is 16.3. The minimum absolute atomic E-state index is 0.0973. The van der Waals surface area contributed by atoms with Crippen LogP contribution in [0.3, 0.4) is 0 Å². The molecule has 1 spiro atoms. The van der Waals surface area contributed by atoms with Gasteiger partial charge in [-0.1, -0.05) is 24.3 Å². The van der Waals surface area contributed by atoms with Gasteiger partial charge in [0.15, 0.2) is 0 Å². The smallest absolute Gasteiger partial charge is 0.221 e. The van der Waals surface area contributed by atoms with E-state index in [0.717, 1.165) is 37.6 Å². The molecule has 0 bridgehead atoms. The molecule has 7 nitrogen and oxygen atoms in total. The number of anilines is 2. The number of aromatic nitrogens is 4. The van der Waals surface area contributed by atoms with E-state index < -0.39 is 6.10 Å². The molecule has 1 aromatic carbocycles. The summed E-state index contributed by atoms with van der Waals surface area (Å²) in [4.78, 5) is 15.0. The standard InChI is InChI=1S/C21H24N6O/c1-14-23-10-13-27(14)18-15-4-2-3-5-16(15)21(19(18)28)7-11-26(12-8-21)17-6-9-24-20(22)25-17/h2-6,9-10,13,18-19,28H,7-8,11-12H2,1H3,(H2,22,24,25)/t18-,19+/m1/s1. The highest BCUT2D eigenvalue weighted by Gasteiger charge is 2.53. The lowest BCUT2D eigenvalue weighted by atomic mass is 9.72. The van der Waals surface area contributed by atoms with Gasteiger partial charge < -0.3 is 20.3 Å². The number of aryl methyl sites for hydroxylation is 1. The number of hydrogen-bond acceptors (Lipinski definition) is 6. The van der Waals surface area contributed by atoms with Crippen LogP contribution in [-0.2, 0) is 5.41 Å². The summed E-state index contributed by atoms with van der Waals surface area (Å²) < 4.78 is 2.11. The fraction of sp³-hybridized carbons (Fsp3) is 0.381. The number of nitrogens with zero attached hydrogens (tertiary/aromatic N) is 5. The Balaban J connectivity index is 1.50. The fourth-order valence-corrected chi connectivity index (χ4v) is 5.06. The molecule has 2 atom stereocenters. The van der Waals surface area contributed by atoms with Crippen LogP contribution >= 0.6 is 0 Å². The Morgan fingerprint density at radius 1 is 1.11 bits per heavy atom. The minimum Gasteiger partial charge on any atom is -0.390 e. The first-order valence-electron chi connectivity index (χ1n) is 9.70. The van der Waals surface area contributed by atoms with E-state index in [1.54, 1.807) is 12.4 Å². The van der Waals surface area contributed by atoms with Gasteiger partial charge in [0.1, 0.15) is 11.6 Å². The number of imidazole rings is 1. The van der Waals surface area contributed by atoms with Gasteiger partial charge in [-0.15, -0.1) is 0 Å². The SMILES string of the molecule is Cc1nccn1[C@@H]1c2ccccc2C2(CCN(c3ccnc(N)n3)CC2)[C@H]1O. The van der Waals surface area contributed by atoms with E-state index in [-0.39, 0.29) is 11.5 Å². The van der Waals surface area contributed by atoms with Crippen LogP contribution in [0, 0.1) is 6.92 Å². The predicted octanol–water partition coefficient (Wildman–Crippen LogP) is 2.07. The lowest BCUT2D eigenvalue weighted by Gasteiger charge is -2.43. The zero-order valence-corrected chi connectivity index (χ0v) is 15.9. The van der Waals surface area contributed by atoms with Crippen LogP contribution in [0.25, 0.3) is 0 Å². The van der Waals surface area contributed by atoms with Gasteiger partial charge in [0, 0.05) is 37.1 Å². The summed E-state index contributed by atoms with van der Waals surface area (Å²) in [5.41, 5.74) is 7.97. The second kappa shape index (κ2) is 6.31. The van der Waals surface area contributed by atoms with Crippen molar-refractivity contribution in [2.45, 2.75) is 37.3 Å². The molecule has 3 aromatic rings. The highest BCUT2D eigenvalue weighted by Crippen LogP contribution is 2.52. The van der Waals surface area contributed by atoms with Crippen LogP contribution < -0.4 is 10.6 Å². The predicted molar refractivity (Wildman–Crippen MR) is 107 cm³/mol. The minimum atomic E-state index is -0.490. The van der Waals surface area contributed by atoms with Crippen molar-refractivity contribution in [2.24, 2.45) is 0 Å². The Labute approximate surface area is 163 Å². The van der Waals surface area contributed by atoms with Crippen molar-refractivity contribution >= 4 is 11.8 Å². The second-order valence-corrected chi connectivity index (χ2v) is 7.77. The lowest BCUT2D eigenvalue weighted by molar-refractivity contribution is 0.0487. The van der Waals surface area contributed by atoms with Crippen molar-refractivity contribution in [3.63, 3.8) is 0 Å². The molecule has 0 amide bonds. The molecular weight excluding hydrogens is 352 g/mol. The van der Waals surface area contributed by atoms with Crippen LogP contribution in [0.4, 0.5) is 11.8 Å². The molecule has 0 unspecified atom stereocenters. The van der Waals surface area contributed by atoms with Gasteiger partial charge >= 0.3 is 0 Å². The normalized spacial score (nSPS) is 23.1. The van der Waals surface area contributed by atoms with Gasteiger partial charge in [-0.2, -0.15) is 4.98 Å². The number of benzene rings is 1. The summed E-state index contributed by atoms with van der Waals surface area (Å²) in [7, 11) is 0. The molecule has 3 N–H and O–H groups in total. The maximum Gasteiger partial charge on any atom is 0.221 e. The molecule has 28 heavy (non-hydrogen) atoms. The van der Waals surface area contributed by atoms with Gasteiger partial charge in [-0.25, -0.2) is 9.97 Å². The third-order valence-corrected chi connectivity index (χ3v) is 6.48. The lowest BCUT2D eigenvalue weighted by Crippen LogP contribution is -2.48. The summed E-state index contributed by atoms with van der Waals surface area (Å²) in [6.45, 7) is 3.62. The van der Waals surface area contributed by atoms with E-state index in [1.807, 2.05) is 19.2 Å². The zero-order valence-electron chi connectivity index (χ0n) is 15.9. The number of piperidine rings is 1. The van der Waals surface area contributed by atoms with Crippen molar-refractivity contribution in [1.29, 1.82) is 0 Å². The second-order valence-electron chi connectivity index (χ2n) is 7.77.